The third kappa shape index (κ3) is 3.72. The lowest BCUT2D eigenvalue weighted by molar-refractivity contribution is 0.110. The minimum atomic E-state index is 0.374. The van der Waals surface area contributed by atoms with Crippen molar-refractivity contribution in [3.63, 3.8) is 0 Å². The van der Waals surface area contributed by atoms with Gasteiger partial charge in [0.2, 0.25) is 10.5 Å². The molecular formula is C10H21OSi. The van der Waals surface area contributed by atoms with Crippen molar-refractivity contribution in [1.29, 1.82) is 0 Å². The number of rotatable bonds is 4. The SMILES string of the molecule is CC(C)(C)C(C)(C)CCCO[Si]. The van der Waals surface area contributed by atoms with Crippen LogP contribution in [0, 0.1) is 10.8 Å². The van der Waals surface area contributed by atoms with Crippen LogP contribution in [0.2, 0.25) is 0 Å². The maximum absolute atomic E-state index is 4.86. The third-order valence-electron chi connectivity index (χ3n) is 3.08. The van der Waals surface area contributed by atoms with Crippen molar-refractivity contribution in [2.24, 2.45) is 10.8 Å². The van der Waals surface area contributed by atoms with Gasteiger partial charge in [-0.05, 0) is 23.7 Å². The van der Waals surface area contributed by atoms with E-state index in [9.17, 15) is 0 Å². The van der Waals surface area contributed by atoms with Crippen LogP contribution in [0.5, 0.6) is 0 Å². The van der Waals surface area contributed by atoms with Gasteiger partial charge >= 0.3 is 0 Å². The molecule has 0 amide bonds. The van der Waals surface area contributed by atoms with E-state index < -0.39 is 0 Å². The molecule has 0 aromatic heterocycles. The topological polar surface area (TPSA) is 9.23 Å². The Balaban J connectivity index is 3.88. The fraction of sp³-hybridized carbons (Fsp3) is 1.00. The third-order valence-corrected chi connectivity index (χ3v) is 3.28. The molecule has 0 aromatic rings. The zero-order chi connectivity index (χ0) is 9.83. The van der Waals surface area contributed by atoms with Crippen molar-refractivity contribution in [3.05, 3.63) is 0 Å². The van der Waals surface area contributed by atoms with E-state index in [0.717, 1.165) is 13.0 Å². The van der Waals surface area contributed by atoms with Gasteiger partial charge in [0, 0.05) is 6.61 Å². The first-order valence-electron chi connectivity index (χ1n) is 4.60. The average Bonchev–Trinajstić information content (AvgIpc) is 1.85. The standard InChI is InChI=1S/C10H21OSi/c1-9(2,3)10(4,5)7-6-8-11-12/h6-8H2,1-5H3. The molecule has 12 heavy (non-hydrogen) atoms. The predicted molar refractivity (Wildman–Crippen MR) is 54.2 cm³/mol. The van der Waals surface area contributed by atoms with Crippen molar-refractivity contribution in [3.8, 4) is 0 Å². The summed E-state index contributed by atoms with van der Waals surface area (Å²) < 4.78 is 4.86. The fourth-order valence-electron chi connectivity index (χ4n) is 0.961. The first-order valence-corrected chi connectivity index (χ1v) is 5.00. The summed E-state index contributed by atoms with van der Waals surface area (Å²) in [5.74, 6) is 0. The Labute approximate surface area is 80.4 Å². The molecule has 0 aliphatic rings. The van der Waals surface area contributed by atoms with E-state index in [-0.39, 0.29) is 0 Å². The normalized spacial score (nSPS) is 13.5. The first kappa shape index (κ1) is 12.2. The zero-order valence-corrected chi connectivity index (χ0v) is 10.0. The molecule has 1 nitrogen and oxygen atoms in total. The zero-order valence-electron chi connectivity index (χ0n) is 9.03. The van der Waals surface area contributed by atoms with Gasteiger partial charge < -0.3 is 4.43 Å². The molecule has 0 bridgehead atoms. The minimum absolute atomic E-state index is 0.374. The Morgan fingerprint density at radius 2 is 1.58 bits per heavy atom. The van der Waals surface area contributed by atoms with E-state index in [4.69, 9.17) is 4.43 Å². The summed E-state index contributed by atoms with van der Waals surface area (Å²) in [5, 5.41) is 0. The van der Waals surface area contributed by atoms with Crippen molar-refractivity contribution in [1.82, 2.24) is 0 Å². The Morgan fingerprint density at radius 3 is 1.92 bits per heavy atom. The highest BCUT2D eigenvalue weighted by molar-refractivity contribution is 5.97. The molecule has 71 valence electrons. The van der Waals surface area contributed by atoms with Gasteiger partial charge in [-0.3, -0.25) is 0 Å². The van der Waals surface area contributed by atoms with E-state index in [2.05, 4.69) is 45.1 Å². The van der Waals surface area contributed by atoms with E-state index in [1.165, 1.54) is 6.42 Å². The maximum atomic E-state index is 4.86. The maximum Gasteiger partial charge on any atom is 0.246 e. The molecule has 0 fully saturated rings. The highest BCUT2D eigenvalue weighted by Crippen LogP contribution is 2.41. The molecule has 3 radical (unpaired) electrons. The summed E-state index contributed by atoms with van der Waals surface area (Å²) in [5.41, 5.74) is 0.760. The summed E-state index contributed by atoms with van der Waals surface area (Å²) in [6, 6.07) is 0. The molecule has 0 spiro atoms. The lowest BCUT2D eigenvalue weighted by atomic mass is 9.67. The van der Waals surface area contributed by atoms with Gasteiger partial charge in [-0.15, -0.1) is 0 Å². The summed E-state index contributed by atoms with van der Waals surface area (Å²) in [7, 11) is 3.01. The lowest BCUT2D eigenvalue weighted by Crippen LogP contribution is -2.29. The van der Waals surface area contributed by atoms with Crippen LogP contribution in [-0.2, 0) is 4.43 Å². The van der Waals surface area contributed by atoms with Crippen molar-refractivity contribution in [2.45, 2.75) is 47.5 Å². The summed E-state index contributed by atoms with van der Waals surface area (Å²) in [6.07, 6.45) is 2.33. The minimum Gasteiger partial charge on any atom is -0.419 e. The van der Waals surface area contributed by atoms with Gasteiger partial charge in [0.05, 0.1) is 0 Å². The molecule has 0 aliphatic carbocycles. The van der Waals surface area contributed by atoms with Crippen molar-refractivity contribution < 1.29 is 4.43 Å². The van der Waals surface area contributed by atoms with E-state index >= 15 is 0 Å². The average molecular weight is 185 g/mol. The second-order valence-corrected chi connectivity index (χ2v) is 5.37. The molecule has 0 atom stereocenters. The van der Waals surface area contributed by atoms with Gasteiger partial charge in [0.1, 0.15) is 0 Å². The van der Waals surface area contributed by atoms with Crippen LogP contribution >= 0.6 is 0 Å². The highest BCUT2D eigenvalue weighted by Gasteiger charge is 2.31. The Kier molecular flexibility index (Phi) is 4.49. The molecule has 0 aliphatic heterocycles. The Morgan fingerprint density at radius 1 is 1.08 bits per heavy atom. The van der Waals surface area contributed by atoms with E-state index in [1.807, 2.05) is 0 Å². The molecule has 0 heterocycles. The van der Waals surface area contributed by atoms with E-state index in [1.54, 1.807) is 0 Å². The molecule has 0 saturated heterocycles. The molecule has 0 rings (SSSR count). The van der Waals surface area contributed by atoms with Crippen molar-refractivity contribution in [2.75, 3.05) is 6.61 Å². The van der Waals surface area contributed by atoms with Gasteiger partial charge in [0.25, 0.3) is 0 Å². The monoisotopic (exact) mass is 185 g/mol. The largest absolute Gasteiger partial charge is 0.419 e. The van der Waals surface area contributed by atoms with Crippen LogP contribution in [0.1, 0.15) is 47.5 Å². The van der Waals surface area contributed by atoms with Gasteiger partial charge in [-0.25, -0.2) is 0 Å². The van der Waals surface area contributed by atoms with Crippen LogP contribution in [-0.4, -0.2) is 17.1 Å². The van der Waals surface area contributed by atoms with Crippen LogP contribution in [0.15, 0.2) is 0 Å². The summed E-state index contributed by atoms with van der Waals surface area (Å²) >= 11 is 0. The van der Waals surface area contributed by atoms with Gasteiger partial charge in [-0.1, -0.05) is 34.6 Å². The predicted octanol–water partition coefficient (Wildman–Crippen LogP) is 2.94. The molecule has 0 N–H and O–H groups in total. The second kappa shape index (κ2) is 4.42. The van der Waals surface area contributed by atoms with Gasteiger partial charge in [0.15, 0.2) is 0 Å². The summed E-state index contributed by atoms with van der Waals surface area (Å²) in [6.45, 7) is 12.3. The van der Waals surface area contributed by atoms with Crippen molar-refractivity contribution >= 4 is 10.5 Å². The molecule has 2 heteroatoms. The molecule has 0 aromatic carbocycles. The smallest absolute Gasteiger partial charge is 0.246 e. The lowest BCUT2D eigenvalue weighted by Gasteiger charge is -2.39. The Bertz CT molecular complexity index is 124. The van der Waals surface area contributed by atoms with Crippen LogP contribution < -0.4 is 0 Å². The highest BCUT2D eigenvalue weighted by atomic mass is 28.2. The molecular weight excluding hydrogens is 164 g/mol. The summed E-state index contributed by atoms with van der Waals surface area (Å²) in [4.78, 5) is 0. The number of hydrogen-bond acceptors (Lipinski definition) is 1. The number of hydrogen-bond donors (Lipinski definition) is 0. The quantitative estimate of drug-likeness (QED) is 0.483. The van der Waals surface area contributed by atoms with Crippen LogP contribution in [0.25, 0.3) is 0 Å². The Hall–Kier alpha value is 0.177. The first-order chi connectivity index (χ1) is 5.31. The van der Waals surface area contributed by atoms with E-state index in [0.29, 0.717) is 10.8 Å². The fourth-order valence-corrected chi connectivity index (χ4v) is 1.11. The second-order valence-electron chi connectivity index (χ2n) is 5.09. The van der Waals surface area contributed by atoms with Crippen LogP contribution in [0.4, 0.5) is 0 Å². The molecule has 0 saturated carbocycles. The van der Waals surface area contributed by atoms with Crippen LogP contribution in [0.3, 0.4) is 0 Å². The molecule has 0 unspecified atom stereocenters. The van der Waals surface area contributed by atoms with Gasteiger partial charge in [-0.2, -0.15) is 0 Å².